The monoisotopic (exact) mass is 497 g/mol. The summed E-state index contributed by atoms with van der Waals surface area (Å²) in [6, 6.07) is 9.73. The average Bonchev–Trinajstić information content (AvgIpc) is 3.54. The average molecular weight is 498 g/mol. The third-order valence-corrected chi connectivity index (χ3v) is 7.32. The molecule has 36 heavy (non-hydrogen) atoms. The summed E-state index contributed by atoms with van der Waals surface area (Å²) in [5.74, 6) is -0.114. The third kappa shape index (κ3) is 3.42. The van der Waals surface area contributed by atoms with Crippen molar-refractivity contribution in [3.63, 3.8) is 0 Å². The van der Waals surface area contributed by atoms with Gasteiger partial charge < -0.3 is 4.74 Å². The van der Waals surface area contributed by atoms with Gasteiger partial charge in [0.25, 0.3) is 5.91 Å². The van der Waals surface area contributed by atoms with Gasteiger partial charge in [0, 0.05) is 46.8 Å². The molecule has 11 heteroatoms. The van der Waals surface area contributed by atoms with E-state index in [1.165, 1.54) is 16.7 Å². The maximum absolute atomic E-state index is 12.8. The number of carbonyl (C=O) groups excluding carboxylic acids is 2. The molecule has 0 saturated heterocycles. The summed E-state index contributed by atoms with van der Waals surface area (Å²) in [7, 11) is 1.88. The van der Waals surface area contributed by atoms with Crippen LogP contribution in [0.2, 0.25) is 0 Å². The largest absolute Gasteiger partial charge is 0.481 e. The molecule has 0 radical (unpaired) electrons. The van der Waals surface area contributed by atoms with Gasteiger partial charge in [-0.05, 0) is 54.9 Å². The molecule has 0 N–H and O–H groups in total. The maximum atomic E-state index is 12.8. The van der Waals surface area contributed by atoms with Gasteiger partial charge in [0.1, 0.15) is 5.69 Å². The lowest BCUT2D eigenvalue weighted by molar-refractivity contribution is -0.129. The standard InChI is InChI=1S/C25H19N7O3S/c1-30-11-16(9-27-30)15-4-7-21-28-29-25(31(21)12-15)36-17-5-6-19-18(8-17)23-20(10-26-19)32(22(33)13-35-23)24(34)14-2-3-14/h4-12,14H,2-3,13H2,1H3. The first-order valence-corrected chi connectivity index (χ1v) is 12.3. The Hall–Kier alpha value is -4.25. The zero-order valence-corrected chi connectivity index (χ0v) is 20.0. The Labute approximate surface area is 208 Å². The summed E-state index contributed by atoms with van der Waals surface area (Å²) in [5.41, 5.74) is 3.88. The third-order valence-electron chi connectivity index (χ3n) is 6.37. The maximum Gasteiger partial charge on any atom is 0.271 e. The van der Waals surface area contributed by atoms with Crippen molar-refractivity contribution >= 4 is 45.8 Å². The number of imide groups is 1. The molecule has 5 heterocycles. The van der Waals surface area contributed by atoms with Crippen LogP contribution < -0.4 is 9.64 Å². The molecule has 5 aromatic rings. The Morgan fingerprint density at radius 3 is 2.78 bits per heavy atom. The van der Waals surface area contributed by atoms with E-state index in [0.29, 0.717) is 16.6 Å². The molecule has 1 aromatic carbocycles. The molecule has 0 unspecified atom stereocenters. The fourth-order valence-electron chi connectivity index (χ4n) is 4.38. The molecule has 0 atom stereocenters. The van der Waals surface area contributed by atoms with E-state index in [-0.39, 0.29) is 24.3 Å². The van der Waals surface area contributed by atoms with E-state index in [1.807, 2.05) is 60.4 Å². The van der Waals surface area contributed by atoms with E-state index in [1.54, 1.807) is 10.9 Å². The Kier molecular flexibility index (Phi) is 4.61. The number of rotatable bonds is 4. The summed E-state index contributed by atoms with van der Waals surface area (Å²) >= 11 is 1.46. The Morgan fingerprint density at radius 2 is 1.97 bits per heavy atom. The summed E-state index contributed by atoms with van der Waals surface area (Å²) in [4.78, 5) is 32.0. The van der Waals surface area contributed by atoms with Crippen molar-refractivity contribution in [2.24, 2.45) is 13.0 Å². The van der Waals surface area contributed by atoms with Gasteiger partial charge in [-0.3, -0.25) is 23.7 Å². The smallest absolute Gasteiger partial charge is 0.271 e. The van der Waals surface area contributed by atoms with Crippen LogP contribution in [-0.4, -0.2) is 47.8 Å². The van der Waals surface area contributed by atoms with Crippen molar-refractivity contribution < 1.29 is 14.3 Å². The second-order valence-electron chi connectivity index (χ2n) is 8.92. The van der Waals surface area contributed by atoms with Crippen molar-refractivity contribution in [3.05, 3.63) is 55.1 Å². The van der Waals surface area contributed by atoms with Crippen LogP contribution in [0.4, 0.5) is 5.69 Å². The number of anilines is 1. The van der Waals surface area contributed by atoms with Crippen LogP contribution in [-0.2, 0) is 16.6 Å². The second-order valence-corrected chi connectivity index (χ2v) is 9.96. The number of ether oxygens (including phenoxy) is 1. The highest BCUT2D eigenvalue weighted by Crippen LogP contribution is 2.42. The molecule has 1 aliphatic heterocycles. The lowest BCUT2D eigenvalue weighted by Crippen LogP contribution is -2.44. The Morgan fingerprint density at radius 1 is 1.08 bits per heavy atom. The van der Waals surface area contributed by atoms with E-state index in [9.17, 15) is 9.59 Å². The van der Waals surface area contributed by atoms with E-state index in [0.717, 1.165) is 45.4 Å². The molecule has 7 rings (SSSR count). The zero-order valence-electron chi connectivity index (χ0n) is 19.2. The number of amides is 2. The van der Waals surface area contributed by atoms with Crippen molar-refractivity contribution in [1.29, 1.82) is 0 Å². The predicted octanol–water partition coefficient (Wildman–Crippen LogP) is 3.49. The lowest BCUT2D eigenvalue weighted by atomic mass is 10.1. The molecule has 4 aromatic heterocycles. The SMILES string of the molecule is Cn1cc(-c2ccc3nnc(Sc4ccc5ncc6c(c5c4)OCC(=O)N6C(=O)C4CC4)n3c2)cn1. The van der Waals surface area contributed by atoms with Gasteiger partial charge in [0.2, 0.25) is 5.91 Å². The first-order valence-electron chi connectivity index (χ1n) is 11.5. The van der Waals surface area contributed by atoms with Gasteiger partial charge in [0.15, 0.2) is 23.2 Å². The van der Waals surface area contributed by atoms with E-state index >= 15 is 0 Å². The molecule has 1 saturated carbocycles. The molecule has 0 bridgehead atoms. The van der Waals surface area contributed by atoms with Crippen LogP contribution in [0.1, 0.15) is 12.8 Å². The van der Waals surface area contributed by atoms with Crippen LogP contribution in [0, 0.1) is 5.92 Å². The lowest BCUT2D eigenvalue weighted by Gasteiger charge is -2.28. The van der Waals surface area contributed by atoms with Crippen LogP contribution in [0.25, 0.3) is 27.7 Å². The number of hydrogen-bond acceptors (Lipinski definition) is 8. The predicted molar refractivity (Wildman–Crippen MR) is 132 cm³/mol. The summed E-state index contributed by atoms with van der Waals surface area (Å²) in [6.45, 7) is -0.173. The van der Waals surface area contributed by atoms with Crippen molar-refractivity contribution in [3.8, 4) is 16.9 Å². The van der Waals surface area contributed by atoms with Crippen molar-refractivity contribution in [2.75, 3.05) is 11.5 Å². The van der Waals surface area contributed by atoms with Crippen LogP contribution in [0.15, 0.2) is 65.2 Å². The molecule has 1 aliphatic carbocycles. The Balaban J connectivity index is 1.27. The number of nitrogens with zero attached hydrogens (tertiary/aromatic N) is 7. The number of carbonyl (C=O) groups is 2. The van der Waals surface area contributed by atoms with Crippen LogP contribution in [0.5, 0.6) is 5.75 Å². The molecule has 0 spiro atoms. The van der Waals surface area contributed by atoms with Gasteiger partial charge in [-0.25, -0.2) is 4.90 Å². The first-order chi connectivity index (χ1) is 17.5. The molecule has 10 nitrogen and oxygen atoms in total. The molecule has 178 valence electrons. The minimum Gasteiger partial charge on any atom is -0.481 e. The highest BCUT2D eigenvalue weighted by molar-refractivity contribution is 7.99. The second kappa shape index (κ2) is 7.89. The molecular weight excluding hydrogens is 478 g/mol. The molecule has 2 amide bonds. The van der Waals surface area contributed by atoms with E-state index in [4.69, 9.17) is 4.74 Å². The number of aromatic nitrogens is 6. The minimum absolute atomic E-state index is 0.0877. The molecule has 1 fully saturated rings. The molecule has 2 aliphatic rings. The topological polar surface area (TPSA) is 108 Å². The van der Waals surface area contributed by atoms with Crippen molar-refractivity contribution in [1.82, 2.24) is 29.4 Å². The van der Waals surface area contributed by atoms with Crippen LogP contribution in [0.3, 0.4) is 0 Å². The van der Waals surface area contributed by atoms with E-state index < -0.39 is 0 Å². The van der Waals surface area contributed by atoms with Crippen molar-refractivity contribution in [2.45, 2.75) is 22.9 Å². The van der Waals surface area contributed by atoms with Gasteiger partial charge in [-0.1, -0.05) is 0 Å². The highest BCUT2D eigenvalue weighted by atomic mass is 32.2. The van der Waals surface area contributed by atoms with Gasteiger partial charge in [0.05, 0.1) is 17.9 Å². The van der Waals surface area contributed by atoms with Gasteiger partial charge in [-0.2, -0.15) is 5.10 Å². The van der Waals surface area contributed by atoms with Crippen LogP contribution >= 0.6 is 11.8 Å². The quantitative estimate of drug-likeness (QED) is 0.347. The number of aryl methyl sites for hydroxylation is 1. The Bertz CT molecular complexity index is 1700. The zero-order chi connectivity index (χ0) is 24.4. The van der Waals surface area contributed by atoms with Gasteiger partial charge in [-0.15, -0.1) is 10.2 Å². The first kappa shape index (κ1) is 21.1. The number of fused-ring (bicyclic) bond motifs is 4. The molecular formula is C25H19N7O3S. The normalized spacial score (nSPS) is 15.4. The number of pyridine rings is 2. The van der Waals surface area contributed by atoms with Gasteiger partial charge >= 0.3 is 0 Å². The fraction of sp³-hybridized carbons (Fsp3) is 0.200. The summed E-state index contributed by atoms with van der Waals surface area (Å²) in [6.07, 6.45) is 8.95. The summed E-state index contributed by atoms with van der Waals surface area (Å²) < 4.78 is 9.53. The number of hydrogen-bond donors (Lipinski definition) is 0. The number of benzene rings is 1. The van der Waals surface area contributed by atoms with E-state index in [2.05, 4.69) is 20.3 Å². The minimum atomic E-state index is -0.356. The summed E-state index contributed by atoms with van der Waals surface area (Å²) in [5, 5.41) is 14.4. The fourth-order valence-corrected chi connectivity index (χ4v) is 5.23. The highest BCUT2D eigenvalue weighted by Gasteiger charge is 2.40.